The number of rotatable bonds is 5. The smallest absolute Gasteiger partial charge is 0.227 e. The fourth-order valence-corrected chi connectivity index (χ4v) is 8.25. The van der Waals surface area contributed by atoms with Crippen LogP contribution in [-0.4, -0.2) is 105 Å². The number of hydrogen-bond acceptors (Lipinski definition) is 6. The van der Waals surface area contributed by atoms with Gasteiger partial charge >= 0.3 is 0 Å². The summed E-state index contributed by atoms with van der Waals surface area (Å²) in [5.74, 6) is 1.08. The summed E-state index contributed by atoms with van der Waals surface area (Å²) in [7, 11) is -2.88. The Labute approximate surface area is 218 Å². The lowest BCUT2D eigenvalue weighted by atomic mass is 9.89. The van der Waals surface area contributed by atoms with E-state index in [1.807, 2.05) is 6.07 Å². The molecule has 0 N–H and O–H groups in total. The first-order valence-electron chi connectivity index (χ1n) is 12.8. The monoisotopic (exact) mass is 543 g/mol. The van der Waals surface area contributed by atoms with E-state index < -0.39 is 9.84 Å². The molecule has 0 unspecified atom stereocenters. The Bertz CT molecular complexity index is 1020. The molecule has 4 fully saturated rings. The Kier molecular flexibility index (Phi) is 7.97. The maximum atomic E-state index is 13.7. The van der Waals surface area contributed by atoms with Crippen LogP contribution < -0.4 is 0 Å². The Morgan fingerprint density at radius 2 is 1.69 bits per heavy atom. The predicted molar refractivity (Wildman–Crippen MR) is 138 cm³/mol. The zero-order chi connectivity index (χ0) is 24.6. The first-order chi connectivity index (χ1) is 16.8. The third-order valence-electron chi connectivity index (χ3n) is 8.26. The summed E-state index contributed by atoms with van der Waals surface area (Å²) in [5.41, 5.74) is 0.872. The lowest BCUT2D eigenvalue weighted by Gasteiger charge is -2.55. The van der Waals surface area contributed by atoms with Crippen molar-refractivity contribution in [3.63, 3.8) is 0 Å². The zero-order valence-electron chi connectivity index (χ0n) is 20.1. The highest BCUT2D eigenvalue weighted by atomic mass is 35.5. The van der Waals surface area contributed by atoms with Gasteiger partial charge in [-0.15, -0.1) is 0 Å². The minimum Gasteiger partial charge on any atom is -0.378 e. The molecule has 10 heteroatoms. The summed E-state index contributed by atoms with van der Waals surface area (Å²) in [4.78, 5) is 20.7. The molecule has 1 aromatic carbocycles. The number of hydrogen-bond donors (Lipinski definition) is 0. The molecular weight excluding hydrogens is 509 g/mol. The van der Waals surface area contributed by atoms with Crippen LogP contribution in [0.15, 0.2) is 18.2 Å². The molecule has 7 nitrogen and oxygen atoms in total. The number of carbonyl (C=O) groups excluding carboxylic acids is 1. The topological polar surface area (TPSA) is 70.2 Å². The number of piperazine rings is 1. The minimum atomic E-state index is -2.88. The highest BCUT2D eigenvalue weighted by Gasteiger charge is 2.48. The number of likely N-dealkylation sites (tertiary alicyclic amines) is 1. The normalized spacial score (nSPS) is 30.3. The molecule has 4 aliphatic rings. The first-order valence-corrected chi connectivity index (χ1v) is 15.4. The second-order valence-corrected chi connectivity index (χ2v) is 13.6. The lowest BCUT2D eigenvalue weighted by Crippen LogP contribution is -2.72. The van der Waals surface area contributed by atoms with Gasteiger partial charge in [0.25, 0.3) is 0 Å². The van der Waals surface area contributed by atoms with Gasteiger partial charge in [0.2, 0.25) is 5.91 Å². The molecule has 0 aromatic heterocycles. The third kappa shape index (κ3) is 5.83. The van der Waals surface area contributed by atoms with E-state index in [1.165, 1.54) is 12.8 Å². The van der Waals surface area contributed by atoms with Crippen LogP contribution in [-0.2, 0) is 25.8 Å². The van der Waals surface area contributed by atoms with Gasteiger partial charge in [0.15, 0.2) is 0 Å². The van der Waals surface area contributed by atoms with E-state index in [0.29, 0.717) is 53.6 Å². The number of ether oxygens (including phenoxy) is 1. The average Bonchev–Trinajstić information content (AvgIpc) is 3.37. The molecule has 0 saturated carbocycles. The average molecular weight is 545 g/mol. The molecule has 35 heavy (non-hydrogen) atoms. The van der Waals surface area contributed by atoms with Crippen molar-refractivity contribution in [2.45, 2.75) is 50.2 Å². The van der Waals surface area contributed by atoms with E-state index in [9.17, 15) is 13.2 Å². The molecule has 1 aromatic rings. The maximum absolute atomic E-state index is 13.7. The first kappa shape index (κ1) is 25.7. The van der Waals surface area contributed by atoms with Crippen molar-refractivity contribution in [1.82, 2.24) is 14.7 Å². The van der Waals surface area contributed by atoms with Crippen LogP contribution in [0.5, 0.6) is 0 Å². The minimum absolute atomic E-state index is 0.0678. The Morgan fingerprint density at radius 1 is 0.971 bits per heavy atom. The second-order valence-electron chi connectivity index (χ2n) is 10.5. The van der Waals surface area contributed by atoms with Crippen LogP contribution in [0.1, 0.15) is 31.2 Å². The second kappa shape index (κ2) is 10.8. The fourth-order valence-electron chi connectivity index (χ4n) is 6.34. The van der Waals surface area contributed by atoms with E-state index in [0.717, 1.165) is 44.6 Å². The number of carbonyl (C=O) groups is 1. The Balaban J connectivity index is 1.35. The SMILES string of the molecule is O=C(Cc1ccc(Cl)c(Cl)c1)N1CCN(CC2CCS(=O)(=O)CC2)[C@@H]2COC[C@H](N3CCCC3)[C@H]21. The molecule has 1 amide bonds. The van der Waals surface area contributed by atoms with Gasteiger partial charge < -0.3 is 9.64 Å². The quantitative estimate of drug-likeness (QED) is 0.568. The zero-order valence-corrected chi connectivity index (χ0v) is 22.4. The third-order valence-corrected chi connectivity index (χ3v) is 10.7. The Hall–Kier alpha value is -0.900. The van der Waals surface area contributed by atoms with Crippen molar-refractivity contribution in [3.05, 3.63) is 33.8 Å². The van der Waals surface area contributed by atoms with E-state index in [-0.39, 0.29) is 24.0 Å². The maximum Gasteiger partial charge on any atom is 0.227 e. The van der Waals surface area contributed by atoms with Gasteiger partial charge in [0.05, 0.1) is 59.3 Å². The lowest BCUT2D eigenvalue weighted by molar-refractivity contribution is -0.153. The predicted octanol–water partition coefficient (Wildman–Crippen LogP) is 2.74. The highest BCUT2D eigenvalue weighted by Crippen LogP contribution is 2.32. The number of halogens is 2. The van der Waals surface area contributed by atoms with Crippen molar-refractivity contribution < 1.29 is 17.9 Å². The molecule has 0 aliphatic carbocycles. The summed E-state index contributed by atoms with van der Waals surface area (Å²) >= 11 is 12.3. The van der Waals surface area contributed by atoms with Gasteiger partial charge in [-0.25, -0.2) is 8.42 Å². The largest absolute Gasteiger partial charge is 0.378 e. The molecule has 4 aliphatic heterocycles. The van der Waals surface area contributed by atoms with Gasteiger partial charge in [0.1, 0.15) is 9.84 Å². The molecule has 4 saturated heterocycles. The number of nitrogens with zero attached hydrogens (tertiary/aromatic N) is 3. The van der Waals surface area contributed by atoms with Crippen LogP contribution in [0.2, 0.25) is 10.0 Å². The summed E-state index contributed by atoms with van der Waals surface area (Å²) in [6.45, 7) is 5.69. The van der Waals surface area contributed by atoms with Crippen molar-refractivity contribution in [2.75, 3.05) is 57.4 Å². The van der Waals surface area contributed by atoms with Gasteiger partial charge in [-0.05, 0) is 62.4 Å². The molecule has 5 rings (SSSR count). The van der Waals surface area contributed by atoms with Crippen LogP contribution in [0, 0.1) is 5.92 Å². The Morgan fingerprint density at radius 3 is 2.40 bits per heavy atom. The van der Waals surface area contributed by atoms with Gasteiger partial charge in [-0.3, -0.25) is 14.6 Å². The summed E-state index contributed by atoms with van der Waals surface area (Å²) in [5, 5.41) is 0.959. The van der Waals surface area contributed by atoms with E-state index >= 15 is 0 Å². The fraction of sp³-hybridized carbons (Fsp3) is 0.720. The molecule has 194 valence electrons. The van der Waals surface area contributed by atoms with E-state index in [1.54, 1.807) is 12.1 Å². The van der Waals surface area contributed by atoms with Crippen molar-refractivity contribution >= 4 is 38.9 Å². The van der Waals surface area contributed by atoms with Crippen LogP contribution in [0.3, 0.4) is 0 Å². The molecule has 3 atom stereocenters. The van der Waals surface area contributed by atoms with Crippen LogP contribution in [0.25, 0.3) is 0 Å². The van der Waals surface area contributed by atoms with E-state index in [4.69, 9.17) is 27.9 Å². The van der Waals surface area contributed by atoms with E-state index in [2.05, 4.69) is 14.7 Å². The van der Waals surface area contributed by atoms with Crippen molar-refractivity contribution in [1.29, 1.82) is 0 Å². The molecule has 4 heterocycles. The molecule has 0 spiro atoms. The molecule has 0 bridgehead atoms. The number of amides is 1. The van der Waals surface area contributed by atoms with Crippen molar-refractivity contribution in [2.24, 2.45) is 5.92 Å². The van der Waals surface area contributed by atoms with Crippen molar-refractivity contribution in [3.8, 4) is 0 Å². The van der Waals surface area contributed by atoms with Crippen LogP contribution >= 0.6 is 23.2 Å². The number of fused-ring (bicyclic) bond motifs is 1. The van der Waals surface area contributed by atoms with Gasteiger partial charge in [0, 0.05) is 19.6 Å². The summed E-state index contributed by atoms with van der Waals surface area (Å²) in [6, 6.07) is 5.79. The summed E-state index contributed by atoms with van der Waals surface area (Å²) in [6.07, 6.45) is 4.13. The number of benzene rings is 1. The molecule has 0 radical (unpaired) electrons. The molecular formula is C25H35Cl2N3O4S. The van der Waals surface area contributed by atoms with Gasteiger partial charge in [-0.1, -0.05) is 29.3 Å². The number of sulfone groups is 1. The van der Waals surface area contributed by atoms with Gasteiger partial charge in [-0.2, -0.15) is 0 Å². The summed E-state index contributed by atoms with van der Waals surface area (Å²) < 4.78 is 30.0. The van der Waals surface area contributed by atoms with Crippen LogP contribution in [0.4, 0.5) is 0 Å². The highest BCUT2D eigenvalue weighted by molar-refractivity contribution is 7.91. The standard InChI is InChI=1S/C25H35Cl2N3O4S/c26-20-4-3-19(13-21(20)27)14-24(31)30-10-9-29(15-18-5-11-35(32,33)12-6-18)23-17-34-16-22(25(23)30)28-7-1-2-8-28/h3-4,13,18,22-23,25H,1-2,5-12,14-17H2/t22-,23+,25+/m0/s1.